The second-order valence-corrected chi connectivity index (χ2v) is 10.8. The fraction of sp³-hybridized carbons (Fsp3) is 0.200. The summed E-state index contributed by atoms with van der Waals surface area (Å²) in [6, 6.07) is 14.4. The first kappa shape index (κ1) is 21.8. The van der Waals surface area contributed by atoms with Crippen molar-refractivity contribution in [1.29, 1.82) is 0 Å². The third kappa shape index (κ3) is 4.62. The van der Waals surface area contributed by atoms with Gasteiger partial charge in [-0.1, -0.05) is 17.7 Å². The largest absolute Gasteiger partial charge is 0.495 e. The molecule has 1 aliphatic rings. The summed E-state index contributed by atoms with van der Waals surface area (Å²) < 4.78 is 32.2. The number of nitrogens with one attached hydrogen (secondary N) is 2. The van der Waals surface area contributed by atoms with Crippen molar-refractivity contribution >= 4 is 61.7 Å². The molecule has 1 saturated heterocycles. The van der Waals surface area contributed by atoms with Crippen molar-refractivity contribution in [1.82, 2.24) is 10.3 Å². The molecule has 3 heterocycles. The van der Waals surface area contributed by atoms with E-state index in [0.717, 1.165) is 16.8 Å². The Morgan fingerprint density at radius 3 is 2.68 bits per heavy atom. The van der Waals surface area contributed by atoms with E-state index < -0.39 is 10.0 Å². The second kappa shape index (κ2) is 8.62. The molecule has 0 radical (unpaired) electrons. The highest BCUT2D eigenvalue weighted by Crippen LogP contribution is 2.45. The number of anilines is 2. The molecular weight excluding hydrogens is 476 g/mol. The summed E-state index contributed by atoms with van der Waals surface area (Å²) >= 11 is 13.4. The Bertz CT molecular complexity index is 1220. The molecule has 7 nitrogen and oxygen atoms in total. The van der Waals surface area contributed by atoms with E-state index in [1.165, 1.54) is 18.4 Å². The number of sulfonamides is 1. The highest BCUT2D eigenvalue weighted by Gasteiger charge is 2.41. The SMILES string of the molecule is COc1ccc(N2C(=S)NC(c3ccccn3)C2c2ccc(Cl)s2)cc1NS(C)(=O)=O. The van der Waals surface area contributed by atoms with E-state index in [4.69, 9.17) is 28.6 Å². The smallest absolute Gasteiger partial charge is 0.229 e. The second-order valence-electron chi connectivity index (χ2n) is 6.90. The Balaban J connectivity index is 1.82. The first-order chi connectivity index (χ1) is 14.8. The minimum absolute atomic E-state index is 0.211. The fourth-order valence-electron chi connectivity index (χ4n) is 3.53. The third-order valence-electron chi connectivity index (χ3n) is 4.74. The molecule has 0 aliphatic carbocycles. The minimum Gasteiger partial charge on any atom is -0.495 e. The van der Waals surface area contributed by atoms with Crippen LogP contribution in [0, 0.1) is 0 Å². The van der Waals surface area contributed by atoms with Crippen LogP contribution in [-0.4, -0.2) is 31.9 Å². The molecule has 0 amide bonds. The summed E-state index contributed by atoms with van der Waals surface area (Å²) in [4.78, 5) is 7.46. The van der Waals surface area contributed by atoms with E-state index in [2.05, 4.69) is 15.0 Å². The maximum atomic E-state index is 11.9. The van der Waals surface area contributed by atoms with Gasteiger partial charge in [-0.3, -0.25) is 9.71 Å². The molecule has 162 valence electrons. The molecule has 3 aromatic rings. The Labute approximate surface area is 195 Å². The summed E-state index contributed by atoms with van der Waals surface area (Å²) in [6.45, 7) is 0. The van der Waals surface area contributed by atoms with E-state index >= 15 is 0 Å². The van der Waals surface area contributed by atoms with E-state index in [9.17, 15) is 8.42 Å². The van der Waals surface area contributed by atoms with Gasteiger partial charge < -0.3 is 15.0 Å². The molecule has 2 unspecified atom stereocenters. The maximum Gasteiger partial charge on any atom is 0.229 e. The average molecular weight is 495 g/mol. The van der Waals surface area contributed by atoms with Gasteiger partial charge in [-0.2, -0.15) is 0 Å². The van der Waals surface area contributed by atoms with E-state index in [-0.39, 0.29) is 12.1 Å². The molecule has 0 spiro atoms. The van der Waals surface area contributed by atoms with Crippen molar-refractivity contribution in [3.63, 3.8) is 0 Å². The highest BCUT2D eigenvalue weighted by molar-refractivity contribution is 7.92. The fourth-order valence-corrected chi connectivity index (χ4v) is 5.63. The molecule has 2 aromatic heterocycles. The third-order valence-corrected chi connectivity index (χ3v) is 6.95. The number of nitrogens with zero attached hydrogens (tertiary/aromatic N) is 2. The summed E-state index contributed by atoms with van der Waals surface area (Å²) in [5.41, 5.74) is 1.87. The Morgan fingerprint density at radius 2 is 2.06 bits per heavy atom. The zero-order valence-electron chi connectivity index (χ0n) is 16.6. The zero-order valence-corrected chi connectivity index (χ0v) is 19.8. The van der Waals surface area contributed by atoms with Crippen molar-refractivity contribution < 1.29 is 13.2 Å². The van der Waals surface area contributed by atoms with Crippen LogP contribution in [0.25, 0.3) is 0 Å². The van der Waals surface area contributed by atoms with Crippen LogP contribution in [0.2, 0.25) is 4.34 Å². The number of hydrogen-bond acceptors (Lipinski definition) is 6. The lowest BCUT2D eigenvalue weighted by atomic mass is 10.0. The van der Waals surface area contributed by atoms with Crippen LogP contribution in [0.3, 0.4) is 0 Å². The Morgan fingerprint density at radius 1 is 1.26 bits per heavy atom. The van der Waals surface area contributed by atoms with Crippen molar-refractivity contribution in [2.24, 2.45) is 0 Å². The number of methoxy groups -OCH3 is 1. The van der Waals surface area contributed by atoms with Crippen LogP contribution in [0.4, 0.5) is 11.4 Å². The summed E-state index contributed by atoms with van der Waals surface area (Å²) in [7, 11) is -2.02. The van der Waals surface area contributed by atoms with E-state index in [1.807, 2.05) is 41.3 Å². The molecule has 2 atom stereocenters. The number of thiophene rings is 1. The van der Waals surface area contributed by atoms with Crippen LogP contribution >= 0.6 is 35.2 Å². The van der Waals surface area contributed by atoms with Crippen LogP contribution in [0.1, 0.15) is 22.7 Å². The van der Waals surface area contributed by atoms with Gasteiger partial charge in [0.05, 0.1) is 41.2 Å². The van der Waals surface area contributed by atoms with Crippen LogP contribution < -0.4 is 19.7 Å². The number of aromatic nitrogens is 1. The van der Waals surface area contributed by atoms with Gasteiger partial charge in [-0.05, 0) is 54.7 Å². The van der Waals surface area contributed by atoms with Crippen molar-refractivity contribution in [3.8, 4) is 5.75 Å². The number of halogens is 1. The molecule has 31 heavy (non-hydrogen) atoms. The molecule has 4 rings (SSSR count). The molecular formula is C20H19ClN4O3S3. The van der Waals surface area contributed by atoms with Gasteiger partial charge in [0.25, 0.3) is 0 Å². The van der Waals surface area contributed by atoms with E-state index in [1.54, 1.807) is 18.3 Å². The minimum atomic E-state index is -3.50. The zero-order chi connectivity index (χ0) is 22.2. The maximum absolute atomic E-state index is 11.9. The van der Waals surface area contributed by atoms with Crippen LogP contribution in [0.5, 0.6) is 5.75 Å². The number of hydrogen-bond donors (Lipinski definition) is 2. The van der Waals surface area contributed by atoms with Gasteiger partial charge in [0, 0.05) is 16.8 Å². The number of ether oxygens (including phenoxy) is 1. The summed E-state index contributed by atoms with van der Waals surface area (Å²) in [5.74, 6) is 0.407. The van der Waals surface area contributed by atoms with Gasteiger partial charge in [0.2, 0.25) is 10.0 Å². The number of thiocarbonyl (C=S) groups is 1. The first-order valence-electron chi connectivity index (χ1n) is 9.18. The van der Waals surface area contributed by atoms with E-state index in [0.29, 0.717) is 26.6 Å². The topological polar surface area (TPSA) is 83.6 Å². The molecule has 0 bridgehead atoms. The van der Waals surface area contributed by atoms with Gasteiger partial charge in [0.15, 0.2) is 5.11 Å². The number of benzene rings is 1. The molecule has 1 aromatic carbocycles. The van der Waals surface area contributed by atoms with Crippen molar-refractivity contribution in [3.05, 3.63) is 69.6 Å². The standard InChI is InChI=1S/C20H19ClN4O3S3/c1-28-15-7-6-12(11-14(15)24-31(2,26)27)25-19(16-8-9-17(21)30-16)18(23-20(25)29)13-5-3-4-10-22-13/h3-11,18-19,24H,1-2H3,(H,23,29). The number of rotatable bonds is 6. The van der Waals surface area contributed by atoms with Gasteiger partial charge in [-0.15, -0.1) is 11.3 Å². The Hall–Kier alpha value is -2.40. The van der Waals surface area contributed by atoms with Crippen LogP contribution in [-0.2, 0) is 10.0 Å². The predicted molar refractivity (Wildman–Crippen MR) is 129 cm³/mol. The van der Waals surface area contributed by atoms with Crippen molar-refractivity contribution in [2.45, 2.75) is 12.1 Å². The van der Waals surface area contributed by atoms with Gasteiger partial charge in [-0.25, -0.2) is 8.42 Å². The summed E-state index contributed by atoms with van der Waals surface area (Å²) in [5, 5.41) is 3.86. The normalized spacial score (nSPS) is 18.7. The first-order valence-corrected chi connectivity index (χ1v) is 12.7. The predicted octanol–water partition coefficient (Wildman–Crippen LogP) is 4.35. The lowest BCUT2D eigenvalue weighted by molar-refractivity contribution is 0.417. The molecule has 1 aliphatic heterocycles. The quantitative estimate of drug-likeness (QED) is 0.493. The van der Waals surface area contributed by atoms with Gasteiger partial charge >= 0.3 is 0 Å². The molecule has 11 heteroatoms. The van der Waals surface area contributed by atoms with Crippen LogP contribution in [0.15, 0.2) is 54.7 Å². The molecule has 0 saturated carbocycles. The highest BCUT2D eigenvalue weighted by atomic mass is 35.5. The monoisotopic (exact) mass is 494 g/mol. The summed E-state index contributed by atoms with van der Waals surface area (Å²) in [6.07, 6.45) is 2.83. The van der Waals surface area contributed by atoms with Gasteiger partial charge in [0.1, 0.15) is 5.75 Å². The number of pyridine rings is 1. The average Bonchev–Trinajstić information content (AvgIpc) is 3.30. The molecule has 1 fully saturated rings. The molecule has 2 N–H and O–H groups in total. The van der Waals surface area contributed by atoms with Crippen molar-refractivity contribution in [2.75, 3.05) is 23.0 Å². The lowest BCUT2D eigenvalue weighted by Crippen LogP contribution is -2.29. The lowest BCUT2D eigenvalue weighted by Gasteiger charge is -2.27. The Kier molecular flexibility index (Phi) is 6.07.